The highest BCUT2D eigenvalue weighted by Gasteiger charge is 2.54. The summed E-state index contributed by atoms with van der Waals surface area (Å²) in [4.78, 5) is 18.2. The number of rotatable bonds is 2. The molecule has 0 unspecified atom stereocenters. The number of nitrogens with zero attached hydrogens (tertiary/aromatic N) is 2. The first-order valence-corrected chi connectivity index (χ1v) is 11.5. The number of piperidine rings is 3. The third-order valence-corrected chi connectivity index (χ3v) is 8.01. The minimum absolute atomic E-state index is 0.170. The Kier molecular flexibility index (Phi) is 4.36. The summed E-state index contributed by atoms with van der Waals surface area (Å²) in [6, 6.07) is 7.67. The van der Waals surface area contributed by atoms with Gasteiger partial charge in [0, 0.05) is 24.5 Å². The molecule has 4 saturated heterocycles. The van der Waals surface area contributed by atoms with Crippen molar-refractivity contribution in [3.05, 3.63) is 23.8 Å². The quantitative estimate of drug-likeness (QED) is 0.832. The van der Waals surface area contributed by atoms with Gasteiger partial charge in [0.25, 0.3) is 0 Å². The number of amides is 2. The number of hydrogen-bond acceptors (Lipinski definition) is 4. The van der Waals surface area contributed by atoms with Gasteiger partial charge in [0.15, 0.2) is 11.5 Å². The van der Waals surface area contributed by atoms with Gasteiger partial charge in [-0.3, -0.25) is 4.90 Å². The van der Waals surface area contributed by atoms with Crippen molar-refractivity contribution >= 4 is 6.03 Å². The summed E-state index contributed by atoms with van der Waals surface area (Å²) in [6.45, 7) is 3.45. The maximum atomic E-state index is 13.4. The Labute approximate surface area is 172 Å². The van der Waals surface area contributed by atoms with E-state index in [-0.39, 0.29) is 6.03 Å². The molecule has 0 spiro atoms. The van der Waals surface area contributed by atoms with Crippen LogP contribution in [0, 0.1) is 5.92 Å². The zero-order valence-electron chi connectivity index (χ0n) is 17.0. The average Bonchev–Trinajstić information content (AvgIpc) is 3.41. The molecule has 1 saturated carbocycles. The fourth-order valence-corrected chi connectivity index (χ4v) is 6.60. The molecular formula is C23H31N3O3. The molecule has 0 radical (unpaired) electrons. The van der Waals surface area contributed by atoms with E-state index in [0.717, 1.165) is 30.9 Å². The van der Waals surface area contributed by atoms with Crippen molar-refractivity contribution in [2.45, 2.75) is 69.0 Å². The van der Waals surface area contributed by atoms with Crippen molar-refractivity contribution < 1.29 is 14.3 Å². The number of carbonyl (C=O) groups excluding carboxylic acids is 1. The first-order chi connectivity index (χ1) is 14.3. The summed E-state index contributed by atoms with van der Waals surface area (Å²) in [5.41, 5.74) is 1.28. The van der Waals surface area contributed by atoms with Crippen LogP contribution in [0.4, 0.5) is 4.79 Å². The lowest BCUT2D eigenvalue weighted by molar-refractivity contribution is 0.00314. The Bertz CT molecular complexity index is 786. The molecule has 1 aromatic rings. The normalized spacial score (nSPS) is 35.6. The van der Waals surface area contributed by atoms with Gasteiger partial charge in [0.2, 0.25) is 6.79 Å². The molecule has 5 fully saturated rings. The van der Waals surface area contributed by atoms with E-state index < -0.39 is 0 Å². The number of likely N-dealkylation sites (tertiary alicyclic amines) is 1. The molecule has 5 heterocycles. The van der Waals surface area contributed by atoms with Crippen LogP contribution >= 0.6 is 0 Å². The SMILES string of the molecule is O=C(NC1CCCCC1)N1C[C@@H](c2ccc3c(c2)OCO3)[C@@H]2[C@H]1C1CCN2CC1. The molecule has 2 amide bonds. The molecule has 1 aliphatic carbocycles. The molecule has 0 aromatic heterocycles. The lowest BCUT2D eigenvalue weighted by Gasteiger charge is -2.51. The number of hydrogen-bond donors (Lipinski definition) is 1. The predicted octanol–water partition coefficient (Wildman–Crippen LogP) is 3.32. The van der Waals surface area contributed by atoms with Crippen LogP contribution in [-0.2, 0) is 0 Å². The Hall–Kier alpha value is -1.95. The van der Waals surface area contributed by atoms with E-state index in [2.05, 4.69) is 27.2 Å². The zero-order valence-corrected chi connectivity index (χ0v) is 17.0. The monoisotopic (exact) mass is 397 g/mol. The van der Waals surface area contributed by atoms with Gasteiger partial charge < -0.3 is 19.7 Å². The fraction of sp³-hybridized carbons (Fsp3) is 0.696. The van der Waals surface area contributed by atoms with E-state index in [4.69, 9.17) is 9.47 Å². The fourth-order valence-electron chi connectivity index (χ4n) is 6.60. The highest BCUT2D eigenvalue weighted by molar-refractivity contribution is 5.76. The molecule has 29 heavy (non-hydrogen) atoms. The predicted molar refractivity (Wildman–Crippen MR) is 109 cm³/mol. The van der Waals surface area contributed by atoms with Crippen LogP contribution in [0.25, 0.3) is 0 Å². The van der Waals surface area contributed by atoms with Gasteiger partial charge in [-0.05, 0) is 62.4 Å². The number of benzene rings is 1. The highest BCUT2D eigenvalue weighted by Crippen LogP contribution is 2.48. The van der Waals surface area contributed by atoms with Gasteiger partial charge in [-0.1, -0.05) is 25.3 Å². The van der Waals surface area contributed by atoms with Gasteiger partial charge in [0.05, 0.1) is 6.04 Å². The number of carbonyl (C=O) groups is 1. The number of ether oxygens (including phenoxy) is 2. The second kappa shape index (κ2) is 7.08. The maximum Gasteiger partial charge on any atom is 0.317 e. The standard InChI is InChI=1S/C23H31N3O3/c27-23(24-17-4-2-1-3-5-17)26-13-18(16-6-7-19-20(12-16)29-14-28-19)22-21(26)15-8-10-25(22)11-9-15/h6-7,12,15,17-18,21-22H,1-5,8-11,13-14H2,(H,24,27)/t18-,21+,22+/m0/s1. The van der Waals surface area contributed by atoms with E-state index in [0.29, 0.717) is 36.8 Å². The molecular weight excluding hydrogens is 366 g/mol. The molecule has 6 nitrogen and oxygen atoms in total. The maximum absolute atomic E-state index is 13.4. The summed E-state index contributed by atoms with van der Waals surface area (Å²) in [6.07, 6.45) is 8.51. The van der Waals surface area contributed by atoms with Gasteiger partial charge in [-0.15, -0.1) is 0 Å². The van der Waals surface area contributed by atoms with Crippen LogP contribution in [0.5, 0.6) is 11.5 Å². The highest BCUT2D eigenvalue weighted by atomic mass is 16.7. The Morgan fingerprint density at radius 1 is 0.966 bits per heavy atom. The topological polar surface area (TPSA) is 54.0 Å². The zero-order chi connectivity index (χ0) is 19.4. The van der Waals surface area contributed by atoms with Gasteiger partial charge in [-0.2, -0.15) is 0 Å². The summed E-state index contributed by atoms with van der Waals surface area (Å²) in [5.74, 6) is 2.66. The van der Waals surface area contributed by atoms with Crippen LogP contribution < -0.4 is 14.8 Å². The van der Waals surface area contributed by atoms with Crippen molar-refractivity contribution in [3.63, 3.8) is 0 Å². The second-order valence-electron chi connectivity index (χ2n) is 9.51. The van der Waals surface area contributed by atoms with Gasteiger partial charge in [-0.25, -0.2) is 4.79 Å². The van der Waals surface area contributed by atoms with Crippen molar-refractivity contribution in [2.24, 2.45) is 5.92 Å². The minimum atomic E-state index is 0.170. The molecule has 6 heteroatoms. The van der Waals surface area contributed by atoms with E-state index in [9.17, 15) is 4.79 Å². The van der Waals surface area contributed by atoms with Crippen molar-refractivity contribution in [2.75, 3.05) is 26.4 Å². The van der Waals surface area contributed by atoms with Gasteiger partial charge in [0.1, 0.15) is 0 Å². The minimum Gasteiger partial charge on any atom is -0.454 e. The Balaban J connectivity index is 1.28. The summed E-state index contributed by atoms with van der Waals surface area (Å²) in [7, 11) is 0. The largest absolute Gasteiger partial charge is 0.454 e. The average molecular weight is 398 g/mol. The molecule has 6 aliphatic rings. The van der Waals surface area contributed by atoms with Crippen molar-refractivity contribution in [3.8, 4) is 11.5 Å². The Morgan fingerprint density at radius 2 is 1.76 bits per heavy atom. The summed E-state index contributed by atoms with van der Waals surface area (Å²) >= 11 is 0. The van der Waals surface area contributed by atoms with Crippen molar-refractivity contribution in [1.82, 2.24) is 15.1 Å². The van der Waals surface area contributed by atoms with E-state index in [1.807, 2.05) is 6.07 Å². The third kappa shape index (κ3) is 2.98. The summed E-state index contributed by atoms with van der Waals surface area (Å²) in [5, 5.41) is 3.39. The van der Waals surface area contributed by atoms with Gasteiger partial charge >= 0.3 is 6.03 Å². The molecule has 1 aromatic carbocycles. The van der Waals surface area contributed by atoms with E-state index in [1.54, 1.807) is 0 Å². The molecule has 156 valence electrons. The van der Waals surface area contributed by atoms with Crippen molar-refractivity contribution in [1.29, 1.82) is 0 Å². The second-order valence-corrected chi connectivity index (χ2v) is 9.51. The van der Waals surface area contributed by atoms with Crippen LogP contribution in [0.2, 0.25) is 0 Å². The smallest absolute Gasteiger partial charge is 0.317 e. The van der Waals surface area contributed by atoms with Crippen LogP contribution in [0.15, 0.2) is 18.2 Å². The van der Waals surface area contributed by atoms with Crippen LogP contribution in [-0.4, -0.2) is 60.4 Å². The number of fused-ring (bicyclic) bond motifs is 3. The lowest BCUT2D eigenvalue weighted by Crippen LogP contribution is -2.62. The number of nitrogens with one attached hydrogen (secondary N) is 1. The first kappa shape index (κ1) is 17.9. The molecule has 7 rings (SSSR count). The Morgan fingerprint density at radius 3 is 2.59 bits per heavy atom. The van der Waals surface area contributed by atoms with Crippen LogP contribution in [0.1, 0.15) is 56.4 Å². The third-order valence-electron chi connectivity index (χ3n) is 8.01. The first-order valence-electron chi connectivity index (χ1n) is 11.5. The van der Waals surface area contributed by atoms with Crippen LogP contribution in [0.3, 0.4) is 0 Å². The molecule has 5 aliphatic heterocycles. The number of urea groups is 1. The molecule has 2 bridgehead atoms. The van der Waals surface area contributed by atoms with E-state index >= 15 is 0 Å². The van der Waals surface area contributed by atoms with E-state index in [1.165, 1.54) is 50.8 Å². The summed E-state index contributed by atoms with van der Waals surface area (Å²) < 4.78 is 11.2. The molecule has 1 N–H and O–H groups in total. The lowest BCUT2D eigenvalue weighted by atomic mass is 9.75. The molecule has 3 atom stereocenters.